The number of carbonyl (C=O) groups is 1. The number of rotatable bonds is 4. The van der Waals surface area contributed by atoms with Gasteiger partial charge in [-0.3, -0.25) is 9.78 Å². The SMILES string of the molecule is O=C(NCc1ccccn1)c1cc(-c2ccc(F)cc2)c2nncn2n1. The summed E-state index contributed by atoms with van der Waals surface area (Å²) < 4.78 is 14.6. The normalized spacial score (nSPS) is 10.8. The van der Waals surface area contributed by atoms with Crippen LogP contribution in [0.1, 0.15) is 16.2 Å². The smallest absolute Gasteiger partial charge is 0.272 e. The molecular formula is C18H13FN6O. The van der Waals surface area contributed by atoms with Crippen molar-refractivity contribution in [1.29, 1.82) is 0 Å². The minimum atomic E-state index is -0.352. The molecule has 3 aromatic heterocycles. The van der Waals surface area contributed by atoms with E-state index >= 15 is 0 Å². The zero-order valence-corrected chi connectivity index (χ0v) is 13.5. The molecule has 0 saturated heterocycles. The highest BCUT2D eigenvalue weighted by Gasteiger charge is 2.15. The molecule has 1 aromatic carbocycles. The van der Waals surface area contributed by atoms with E-state index in [1.165, 1.54) is 23.0 Å². The van der Waals surface area contributed by atoms with E-state index in [1.54, 1.807) is 24.4 Å². The molecule has 0 radical (unpaired) electrons. The zero-order valence-electron chi connectivity index (χ0n) is 13.5. The number of hydrogen-bond donors (Lipinski definition) is 1. The lowest BCUT2D eigenvalue weighted by Gasteiger charge is -2.08. The van der Waals surface area contributed by atoms with E-state index in [9.17, 15) is 9.18 Å². The number of nitrogens with one attached hydrogen (secondary N) is 1. The standard InChI is InChI=1S/C18H13FN6O/c19-13-6-4-12(5-7-13)15-9-16(24-25-11-22-23-17(15)25)18(26)21-10-14-3-1-2-8-20-14/h1-9,11H,10H2,(H,21,26). The average molecular weight is 348 g/mol. The van der Waals surface area contributed by atoms with Gasteiger partial charge in [-0.1, -0.05) is 18.2 Å². The first-order chi connectivity index (χ1) is 12.7. The van der Waals surface area contributed by atoms with E-state index in [2.05, 4.69) is 25.6 Å². The Labute approximate surface area is 147 Å². The number of hydrogen-bond acceptors (Lipinski definition) is 5. The van der Waals surface area contributed by atoms with Crippen molar-refractivity contribution in [3.63, 3.8) is 0 Å². The van der Waals surface area contributed by atoms with Crippen molar-refractivity contribution in [3.05, 3.63) is 78.3 Å². The lowest BCUT2D eigenvalue weighted by molar-refractivity contribution is 0.0944. The fourth-order valence-corrected chi connectivity index (χ4v) is 2.54. The van der Waals surface area contributed by atoms with Gasteiger partial charge in [0.25, 0.3) is 5.91 Å². The highest BCUT2D eigenvalue weighted by Crippen LogP contribution is 2.24. The van der Waals surface area contributed by atoms with Gasteiger partial charge < -0.3 is 5.32 Å². The summed E-state index contributed by atoms with van der Waals surface area (Å²) >= 11 is 0. The van der Waals surface area contributed by atoms with Crippen LogP contribution in [0.15, 0.2) is 61.1 Å². The summed E-state index contributed by atoms with van der Waals surface area (Å²) in [4.78, 5) is 16.7. The maximum absolute atomic E-state index is 13.2. The van der Waals surface area contributed by atoms with Crippen molar-refractivity contribution in [2.75, 3.05) is 0 Å². The van der Waals surface area contributed by atoms with Crippen molar-refractivity contribution in [1.82, 2.24) is 30.1 Å². The summed E-state index contributed by atoms with van der Waals surface area (Å²) in [6.07, 6.45) is 3.08. The molecule has 128 valence electrons. The molecule has 0 unspecified atom stereocenters. The van der Waals surface area contributed by atoms with Crippen LogP contribution in [0.2, 0.25) is 0 Å². The van der Waals surface area contributed by atoms with Gasteiger partial charge in [0.1, 0.15) is 17.8 Å². The Kier molecular flexibility index (Phi) is 4.06. The molecule has 1 amide bonds. The number of fused-ring (bicyclic) bond motifs is 1. The van der Waals surface area contributed by atoms with E-state index < -0.39 is 0 Å². The van der Waals surface area contributed by atoms with Gasteiger partial charge in [-0.15, -0.1) is 10.2 Å². The van der Waals surface area contributed by atoms with E-state index in [1.807, 2.05) is 18.2 Å². The second-order valence-electron chi connectivity index (χ2n) is 5.55. The van der Waals surface area contributed by atoms with Gasteiger partial charge in [-0.2, -0.15) is 9.61 Å². The topological polar surface area (TPSA) is 85.1 Å². The molecule has 0 spiro atoms. The molecule has 1 N–H and O–H groups in total. The van der Waals surface area contributed by atoms with Crippen LogP contribution < -0.4 is 5.32 Å². The number of halogens is 1. The molecule has 8 heteroatoms. The van der Waals surface area contributed by atoms with Crippen LogP contribution >= 0.6 is 0 Å². The summed E-state index contributed by atoms with van der Waals surface area (Å²) in [7, 11) is 0. The maximum atomic E-state index is 13.2. The number of benzene rings is 1. The monoisotopic (exact) mass is 348 g/mol. The minimum Gasteiger partial charge on any atom is -0.345 e. The van der Waals surface area contributed by atoms with Gasteiger partial charge in [0, 0.05) is 11.8 Å². The summed E-state index contributed by atoms with van der Waals surface area (Å²) in [5.74, 6) is -0.691. The lowest BCUT2D eigenvalue weighted by Crippen LogP contribution is -2.25. The highest BCUT2D eigenvalue weighted by molar-refractivity contribution is 5.94. The number of carbonyl (C=O) groups excluding carboxylic acids is 1. The molecule has 0 saturated carbocycles. The number of aromatic nitrogens is 5. The van der Waals surface area contributed by atoms with Crippen LogP contribution in [-0.4, -0.2) is 30.7 Å². The molecule has 0 aliphatic heterocycles. The number of amides is 1. The van der Waals surface area contributed by atoms with Crippen LogP contribution in [0.5, 0.6) is 0 Å². The summed E-state index contributed by atoms with van der Waals surface area (Å²) in [6, 6.07) is 13.0. The molecule has 4 aromatic rings. The summed E-state index contributed by atoms with van der Waals surface area (Å²) in [6.45, 7) is 0.285. The molecule has 0 bridgehead atoms. The Morgan fingerprint density at radius 2 is 2.00 bits per heavy atom. The van der Waals surface area contributed by atoms with Crippen LogP contribution in [0.3, 0.4) is 0 Å². The highest BCUT2D eigenvalue weighted by atomic mass is 19.1. The third-order valence-corrected chi connectivity index (χ3v) is 3.81. The molecular weight excluding hydrogens is 335 g/mol. The van der Waals surface area contributed by atoms with E-state index in [4.69, 9.17) is 0 Å². The van der Waals surface area contributed by atoms with Crippen molar-refractivity contribution in [2.45, 2.75) is 6.54 Å². The number of pyridine rings is 1. The molecule has 0 aliphatic carbocycles. The van der Waals surface area contributed by atoms with Crippen LogP contribution in [0.25, 0.3) is 16.8 Å². The molecule has 0 fully saturated rings. The first-order valence-electron chi connectivity index (χ1n) is 7.86. The Balaban J connectivity index is 1.67. The first kappa shape index (κ1) is 15.8. The summed E-state index contributed by atoms with van der Waals surface area (Å²) in [5, 5.41) is 14.9. The van der Waals surface area contributed by atoms with Gasteiger partial charge in [0.05, 0.1) is 12.2 Å². The van der Waals surface area contributed by atoms with Crippen molar-refractivity contribution >= 4 is 11.6 Å². The molecule has 7 nitrogen and oxygen atoms in total. The molecule has 0 aliphatic rings. The number of nitrogens with zero attached hydrogens (tertiary/aromatic N) is 5. The Hall–Kier alpha value is -3.68. The molecule has 26 heavy (non-hydrogen) atoms. The van der Waals surface area contributed by atoms with Crippen molar-refractivity contribution in [3.8, 4) is 11.1 Å². The van der Waals surface area contributed by atoms with Crippen molar-refractivity contribution in [2.24, 2.45) is 0 Å². The second-order valence-corrected chi connectivity index (χ2v) is 5.55. The van der Waals surface area contributed by atoms with Gasteiger partial charge in [-0.05, 0) is 35.9 Å². The third kappa shape index (κ3) is 3.12. The first-order valence-corrected chi connectivity index (χ1v) is 7.86. The van der Waals surface area contributed by atoms with Crippen LogP contribution in [0.4, 0.5) is 4.39 Å². The fraction of sp³-hybridized carbons (Fsp3) is 0.0556. The van der Waals surface area contributed by atoms with Gasteiger partial charge in [-0.25, -0.2) is 4.39 Å². The van der Waals surface area contributed by atoms with Crippen LogP contribution in [-0.2, 0) is 6.54 Å². The molecule has 4 rings (SSSR count). The molecule has 0 atom stereocenters. The van der Waals surface area contributed by atoms with Crippen molar-refractivity contribution < 1.29 is 9.18 Å². The van der Waals surface area contributed by atoms with E-state index in [0.717, 1.165) is 5.69 Å². The summed E-state index contributed by atoms with van der Waals surface area (Å²) in [5.41, 5.74) is 2.78. The Morgan fingerprint density at radius 1 is 1.15 bits per heavy atom. The predicted octanol–water partition coefficient (Wildman–Crippen LogP) is 2.26. The predicted molar refractivity (Wildman–Crippen MR) is 91.6 cm³/mol. The minimum absolute atomic E-state index is 0.201. The largest absolute Gasteiger partial charge is 0.345 e. The van der Waals surface area contributed by atoms with E-state index in [0.29, 0.717) is 16.8 Å². The zero-order chi connectivity index (χ0) is 17.9. The lowest BCUT2D eigenvalue weighted by atomic mass is 10.1. The maximum Gasteiger partial charge on any atom is 0.272 e. The fourth-order valence-electron chi connectivity index (χ4n) is 2.54. The van der Waals surface area contributed by atoms with Gasteiger partial charge >= 0.3 is 0 Å². The van der Waals surface area contributed by atoms with Gasteiger partial charge in [0.15, 0.2) is 5.65 Å². The molecule has 3 heterocycles. The van der Waals surface area contributed by atoms with Gasteiger partial charge in [0.2, 0.25) is 0 Å². The Bertz CT molecular complexity index is 1060. The second kappa shape index (κ2) is 6.67. The quantitative estimate of drug-likeness (QED) is 0.611. The van der Waals surface area contributed by atoms with E-state index in [-0.39, 0.29) is 24.0 Å². The van der Waals surface area contributed by atoms with Crippen LogP contribution in [0, 0.1) is 5.82 Å². The Morgan fingerprint density at radius 3 is 2.77 bits per heavy atom. The third-order valence-electron chi connectivity index (χ3n) is 3.81. The average Bonchev–Trinajstić information content (AvgIpc) is 3.15.